The molecule has 2 N–H and O–H groups in total. The molecule has 8 nitrogen and oxygen atoms in total. The Hall–Kier alpha value is -3.68. The lowest BCUT2D eigenvalue weighted by atomic mass is 10.1. The molecular weight excluding hydrogens is 396 g/mol. The number of aryl methyl sites for hydroxylation is 1. The number of nitrogens with zero attached hydrogens (tertiary/aromatic N) is 2. The number of aromatic nitrogens is 1. The summed E-state index contributed by atoms with van der Waals surface area (Å²) in [7, 11) is 0. The Balaban J connectivity index is 1.39. The highest BCUT2D eigenvalue weighted by atomic mass is 16.6. The maximum absolute atomic E-state index is 13.0. The van der Waals surface area contributed by atoms with Gasteiger partial charge in [-0.25, -0.2) is 0 Å². The molecule has 0 aliphatic carbocycles. The average molecular weight is 420 g/mol. The number of para-hydroxylation sites is 1. The highest BCUT2D eigenvalue weighted by Crippen LogP contribution is 2.24. The number of carbonyl (C=O) groups is 2. The number of amides is 2. The normalized spacial score (nSPS) is 15.9. The Morgan fingerprint density at radius 3 is 2.84 bits per heavy atom. The van der Waals surface area contributed by atoms with Gasteiger partial charge in [0, 0.05) is 47.4 Å². The van der Waals surface area contributed by atoms with Gasteiger partial charge in [-0.15, -0.1) is 0 Å². The average Bonchev–Trinajstić information content (AvgIpc) is 3.40. The largest absolute Gasteiger partial charge is 0.361 e. The fraction of sp³-hybridized carbons (Fsp3) is 0.304. The van der Waals surface area contributed by atoms with Crippen LogP contribution in [-0.4, -0.2) is 45.8 Å². The van der Waals surface area contributed by atoms with Crippen LogP contribution in [0.15, 0.2) is 48.7 Å². The molecule has 1 aliphatic rings. The molecule has 2 heterocycles. The van der Waals surface area contributed by atoms with Gasteiger partial charge < -0.3 is 15.2 Å². The van der Waals surface area contributed by atoms with Crippen molar-refractivity contribution in [2.75, 3.05) is 13.1 Å². The van der Waals surface area contributed by atoms with Crippen LogP contribution in [0.1, 0.15) is 34.3 Å². The zero-order valence-electron chi connectivity index (χ0n) is 17.3. The molecular formula is C23H24N4O4. The molecule has 1 saturated heterocycles. The van der Waals surface area contributed by atoms with Crippen LogP contribution in [0.4, 0.5) is 5.69 Å². The van der Waals surface area contributed by atoms with E-state index in [0.717, 1.165) is 22.9 Å². The Labute approximate surface area is 179 Å². The number of hydrogen-bond donors (Lipinski definition) is 2. The van der Waals surface area contributed by atoms with E-state index >= 15 is 0 Å². The van der Waals surface area contributed by atoms with Crippen LogP contribution >= 0.6 is 0 Å². The second kappa shape index (κ2) is 8.59. The van der Waals surface area contributed by atoms with Gasteiger partial charge in [0.25, 0.3) is 11.6 Å². The topological polar surface area (TPSA) is 108 Å². The van der Waals surface area contributed by atoms with Gasteiger partial charge in [-0.05, 0) is 49.9 Å². The first-order chi connectivity index (χ1) is 15.0. The van der Waals surface area contributed by atoms with Gasteiger partial charge in [-0.3, -0.25) is 19.7 Å². The molecule has 1 aliphatic heterocycles. The SMILES string of the molecule is Cc1cc(C(=O)N2CCCC2C(=O)NCCc2c[nH]c3ccccc23)ccc1[N+](=O)[O-]. The molecule has 0 spiro atoms. The molecule has 0 radical (unpaired) electrons. The summed E-state index contributed by atoms with van der Waals surface area (Å²) in [4.78, 5) is 41.1. The van der Waals surface area contributed by atoms with E-state index in [1.54, 1.807) is 11.8 Å². The minimum atomic E-state index is -0.522. The van der Waals surface area contributed by atoms with E-state index < -0.39 is 11.0 Å². The Morgan fingerprint density at radius 1 is 1.26 bits per heavy atom. The van der Waals surface area contributed by atoms with Gasteiger partial charge in [0.1, 0.15) is 6.04 Å². The number of rotatable bonds is 6. The maximum atomic E-state index is 13.0. The first kappa shape index (κ1) is 20.6. The number of carbonyl (C=O) groups excluding carboxylic acids is 2. The lowest BCUT2D eigenvalue weighted by Gasteiger charge is -2.24. The highest BCUT2D eigenvalue weighted by Gasteiger charge is 2.34. The van der Waals surface area contributed by atoms with Gasteiger partial charge in [-0.2, -0.15) is 0 Å². The van der Waals surface area contributed by atoms with E-state index in [1.807, 2.05) is 30.5 Å². The summed E-state index contributed by atoms with van der Waals surface area (Å²) in [5.41, 5.74) is 2.97. The van der Waals surface area contributed by atoms with E-state index in [9.17, 15) is 19.7 Å². The summed E-state index contributed by atoms with van der Waals surface area (Å²) in [6.45, 7) is 2.58. The first-order valence-electron chi connectivity index (χ1n) is 10.3. The molecule has 2 amide bonds. The molecule has 1 fully saturated rings. The van der Waals surface area contributed by atoms with Crippen LogP contribution < -0.4 is 5.32 Å². The Morgan fingerprint density at radius 2 is 2.06 bits per heavy atom. The smallest absolute Gasteiger partial charge is 0.272 e. The molecule has 1 aromatic heterocycles. The number of nitrogens with one attached hydrogen (secondary N) is 2. The number of likely N-dealkylation sites (tertiary alicyclic amines) is 1. The van der Waals surface area contributed by atoms with Crippen molar-refractivity contribution in [3.63, 3.8) is 0 Å². The van der Waals surface area contributed by atoms with E-state index in [1.165, 1.54) is 18.2 Å². The molecule has 4 rings (SSSR count). The summed E-state index contributed by atoms with van der Waals surface area (Å²) in [5, 5.41) is 15.1. The molecule has 1 unspecified atom stereocenters. The van der Waals surface area contributed by atoms with Crippen LogP contribution in [-0.2, 0) is 11.2 Å². The fourth-order valence-electron chi connectivity index (χ4n) is 4.22. The number of benzene rings is 2. The van der Waals surface area contributed by atoms with Gasteiger partial charge in [0.15, 0.2) is 0 Å². The Kier molecular flexibility index (Phi) is 5.70. The van der Waals surface area contributed by atoms with Crippen LogP contribution in [0.25, 0.3) is 10.9 Å². The molecule has 160 valence electrons. The van der Waals surface area contributed by atoms with Crippen LogP contribution in [0, 0.1) is 17.0 Å². The Bertz CT molecular complexity index is 1150. The van der Waals surface area contributed by atoms with Gasteiger partial charge in [0.2, 0.25) is 5.91 Å². The number of nitro benzene ring substituents is 1. The van der Waals surface area contributed by atoms with E-state index in [-0.39, 0.29) is 17.5 Å². The van der Waals surface area contributed by atoms with Crippen molar-refractivity contribution in [1.29, 1.82) is 0 Å². The summed E-state index contributed by atoms with van der Waals surface area (Å²) >= 11 is 0. The van der Waals surface area contributed by atoms with Crippen molar-refractivity contribution in [3.05, 3.63) is 75.5 Å². The minimum absolute atomic E-state index is 0.0236. The second-order valence-corrected chi connectivity index (χ2v) is 7.82. The molecule has 2 aromatic carbocycles. The molecule has 1 atom stereocenters. The van der Waals surface area contributed by atoms with Crippen LogP contribution in [0.3, 0.4) is 0 Å². The van der Waals surface area contributed by atoms with Crippen molar-refractivity contribution < 1.29 is 14.5 Å². The molecule has 0 saturated carbocycles. The number of hydrogen-bond acceptors (Lipinski definition) is 4. The second-order valence-electron chi connectivity index (χ2n) is 7.82. The molecule has 31 heavy (non-hydrogen) atoms. The third-order valence-corrected chi connectivity index (χ3v) is 5.83. The quantitative estimate of drug-likeness (QED) is 0.471. The zero-order chi connectivity index (χ0) is 22.0. The van der Waals surface area contributed by atoms with Gasteiger partial charge in [-0.1, -0.05) is 18.2 Å². The maximum Gasteiger partial charge on any atom is 0.272 e. The molecule has 0 bridgehead atoms. The standard InChI is InChI=1S/C23H24N4O4/c1-15-13-16(8-9-20(15)27(30)31)23(29)26-12-4-7-21(26)22(28)24-11-10-17-14-25-19-6-3-2-5-18(17)19/h2-3,5-6,8-9,13-14,21,25H,4,7,10-12H2,1H3,(H,24,28). The predicted molar refractivity (Wildman–Crippen MR) is 117 cm³/mol. The number of nitro groups is 1. The van der Waals surface area contributed by atoms with E-state index in [2.05, 4.69) is 10.3 Å². The summed E-state index contributed by atoms with van der Waals surface area (Å²) in [6, 6.07) is 11.8. The number of fused-ring (bicyclic) bond motifs is 1. The van der Waals surface area contributed by atoms with Crippen molar-refractivity contribution in [1.82, 2.24) is 15.2 Å². The van der Waals surface area contributed by atoms with Crippen molar-refractivity contribution in [3.8, 4) is 0 Å². The number of H-pyrrole nitrogens is 1. The fourth-order valence-corrected chi connectivity index (χ4v) is 4.22. The molecule has 8 heteroatoms. The predicted octanol–water partition coefficient (Wildman–Crippen LogP) is 3.35. The first-order valence-corrected chi connectivity index (χ1v) is 10.3. The highest BCUT2D eigenvalue weighted by molar-refractivity contribution is 5.98. The lowest BCUT2D eigenvalue weighted by Crippen LogP contribution is -2.46. The lowest BCUT2D eigenvalue weighted by molar-refractivity contribution is -0.385. The van der Waals surface area contributed by atoms with Crippen LogP contribution in [0.2, 0.25) is 0 Å². The van der Waals surface area contributed by atoms with Gasteiger partial charge >= 0.3 is 0 Å². The van der Waals surface area contributed by atoms with E-state index in [4.69, 9.17) is 0 Å². The van der Waals surface area contributed by atoms with Crippen molar-refractivity contribution >= 4 is 28.4 Å². The summed E-state index contributed by atoms with van der Waals surface area (Å²) in [5.74, 6) is -0.434. The third kappa shape index (κ3) is 4.14. The van der Waals surface area contributed by atoms with Crippen molar-refractivity contribution in [2.24, 2.45) is 0 Å². The minimum Gasteiger partial charge on any atom is -0.361 e. The summed E-state index contributed by atoms with van der Waals surface area (Å²) in [6.07, 6.45) is 4.01. The molecule has 3 aromatic rings. The van der Waals surface area contributed by atoms with E-state index in [0.29, 0.717) is 37.1 Å². The zero-order valence-corrected chi connectivity index (χ0v) is 17.3. The van der Waals surface area contributed by atoms with Crippen molar-refractivity contribution in [2.45, 2.75) is 32.2 Å². The monoisotopic (exact) mass is 420 g/mol. The van der Waals surface area contributed by atoms with Crippen LogP contribution in [0.5, 0.6) is 0 Å². The third-order valence-electron chi connectivity index (χ3n) is 5.83. The summed E-state index contributed by atoms with van der Waals surface area (Å²) < 4.78 is 0. The van der Waals surface area contributed by atoms with Gasteiger partial charge in [0.05, 0.1) is 4.92 Å². The number of aromatic amines is 1.